The van der Waals surface area contributed by atoms with Gasteiger partial charge in [-0.3, -0.25) is 9.69 Å². The molecule has 1 heterocycles. The Kier molecular flexibility index (Phi) is 5.01. The van der Waals surface area contributed by atoms with Gasteiger partial charge >= 0.3 is 0 Å². The van der Waals surface area contributed by atoms with Crippen molar-refractivity contribution >= 4 is 17.5 Å². The van der Waals surface area contributed by atoms with Crippen LogP contribution in [0, 0.1) is 0 Å². The summed E-state index contributed by atoms with van der Waals surface area (Å²) in [6, 6.07) is 16.9. The van der Waals surface area contributed by atoms with E-state index in [2.05, 4.69) is 29.2 Å². The first-order valence-corrected chi connectivity index (χ1v) is 9.83. The average Bonchev–Trinajstić information content (AvgIpc) is 3.11. The highest BCUT2D eigenvalue weighted by molar-refractivity contribution is 6.30. The summed E-state index contributed by atoms with van der Waals surface area (Å²) in [5.74, 6) is 0.0639. The van der Waals surface area contributed by atoms with Crippen LogP contribution in [0.25, 0.3) is 0 Å². The molecule has 2 aliphatic rings. The third-order valence-electron chi connectivity index (χ3n) is 5.91. The van der Waals surface area contributed by atoms with E-state index in [0.29, 0.717) is 16.6 Å². The van der Waals surface area contributed by atoms with Gasteiger partial charge in [-0.05, 0) is 61.6 Å². The van der Waals surface area contributed by atoms with Crippen molar-refractivity contribution in [3.05, 3.63) is 70.2 Å². The fourth-order valence-electron chi connectivity index (χ4n) is 4.42. The lowest BCUT2D eigenvalue weighted by Gasteiger charge is -2.40. The molecule has 0 unspecified atom stereocenters. The number of halogens is 1. The van der Waals surface area contributed by atoms with E-state index >= 15 is 0 Å². The topological polar surface area (TPSA) is 23.6 Å². The standard InChI is InChI=1S/C22H25ClN2O/c1-24(22(26)18-8-4-9-19(23)12-18)20-10-5-11-25(15-20)21-13-16-6-2-3-7-17(16)14-21/h2-4,6-9,12,20-21H,5,10-11,13-15H2,1H3/t20-/m0/s1. The molecule has 0 spiro atoms. The minimum atomic E-state index is 0.0639. The molecule has 3 nitrogen and oxygen atoms in total. The van der Waals surface area contributed by atoms with Crippen LogP contribution in [0.5, 0.6) is 0 Å². The minimum absolute atomic E-state index is 0.0639. The number of carbonyl (C=O) groups excluding carboxylic acids is 1. The maximum absolute atomic E-state index is 12.9. The predicted molar refractivity (Wildman–Crippen MR) is 106 cm³/mol. The molecule has 1 saturated heterocycles. The number of fused-ring (bicyclic) bond motifs is 1. The normalized spacial score (nSPS) is 20.8. The number of amides is 1. The number of hydrogen-bond acceptors (Lipinski definition) is 2. The van der Waals surface area contributed by atoms with Crippen molar-refractivity contribution in [1.82, 2.24) is 9.80 Å². The van der Waals surface area contributed by atoms with Crippen LogP contribution in [-0.4, -0.2) is 47.9 Å². The SMILES string of the molecule is CN(C(=O)c1cccc(Cl)c1)[C@H]1CCCN(C2Cc3ccccc3C2)C1. The number of piperidine rings is 1. The molecule has 0 aromatic heterocycles. The van der Waals surface area contributed by atoms with E-state index in [4.69, 9.17) is 11.6 Å². The van der Waals surface area contributed by atoms with E-state index in [0.717, 1.165) is 38.8 Å². The van der Waals surface area contributed by atoms with Gasteiger partial charge in [-0.2, -0.15) is 0 Å². The summed E-state index contributed by atoms with van der Waals surface area (Å²) < 4.78 is 0. The number of likely N-dealkylation sites (tertiary alicyclic amines) is 1. The van der Waals surface area contributed by atoms with Crippen LogP contribution in [0.1, 0.15) is 34.3 Å². The van der Waals surface area contributed by atoms with Crippen molar-refractivity contribution < 1.29 is 4.79 Å². The number of carbonyl (C=O) groups is 1. The maximum atomic E-state index is 12.9. The Morgan fingerprint density at radius 2 is 1.85 bits per heavy atom. The van der Waals surface area contributed by atoms with Crippen molar-refractivity contribution in [2.45, 2.75) is 37.8 Å². The third kappa shape index (κ3) is 3.51. The highest BCUT2D eigenvalue weighted by Crippen LogP contribution is 2.28. The van der Waals surface area contributed by atoms with Crippen LogP contribution in [0.3, 0.4) is 0 Å². The number of likely N-dealkylation sites (N-methyl/N-ethyl adjacent to an activating group) is 1. The summed E-state index contributed by atoms with van der Waals surface area (Å²) in [6.45, 7) is 2.09. The van der Waals surface area contributed by atoms with Crippen LogP contribution in [-0.2, 0) is 12.8 Å². The molecule has 0 bridgehead atoms. The molecular weight excluding hydrogens is 344 g/mol. The molecule has 1 fully saturated rings. The van der Waals surface area contributed by atoms with Crippen molar-refractivity contribution in [2.75, 3.05) is 20.1 Å². The molecule has 0 saturated carbocycles. The molecule has 4 heteroatoms. The van der Waals surface area contributed by atoms with Gasteiger partial charge in [0.05, 0.1) is 0 Å². The zero-order chi connectivity index (χ0) is 18.1. The second-order valence-corrected chi connectivity index (χ2v) is 7.98. The molecular formula is C22H25ClN2O. The van der Waals surface area contributed by atoms with Gasteiger partial charge in [0.15, 0.2) is 0 Å². The second-order valence-electron chi connectivity index (χ2n) is 7.55. The lowest BCUT2D eigenvalue weighted by Crippen LogP contribution is -2.51. The number of nitrogens with zero attached hydrogens (tertiary/aromatic N) is 2. The van der Waals surface area contributed by atoms with Gasteiger partial charge in [0.25, 0.3) is 5.91 Å². The number of benzene rings is 2. The summed E-state index contributed by atoms with van der Waals surface area (Å²) in [5, 5.41) is 0.609. The molecule has 1 aliphatic heterocycles. The highest BCUT2D eigenvalue weighted by atomic mass is 35.5. The lowest BCUT2D eigenvalue weighted by molar-refractivity contribution is 0.0555. The Labute approximate surface area is 160 Å². The smallest absolute Gasteiger partial charge is 0.253 e. The third-order valence-corrected chi connectivity index (χ3v) is 6.15. The van der Waals surface area contributed by atoms with E-state index in [1.807, 2.05) is 24.1 Å². The largest absolute Gasteiger partial charge is 0.337 e. The first kappa shape index (κ1) is 17.6. The Morgan fingerprint density at radius 1 is 1.12 bits per heavy atom. The van der Waals surface area contributed by atoms with Gasteiger partial charge in [-0.25, -0.2) is 0 Å². The molecule has 2 aromatic rings. The zero-order valence-electron chi connectivity index (χ0n) is 15.2. The van der Waals surface area contributed by atoms with E-state index in [-0.39, 0.29) is 11.9 Å². The molecule has 1 atom stereocenters. The van der Waals surface area contributed by atoms with E-state index < -0.39 is 0 Å². The Bertz CT molecular complexity index is 781. The second kappa shape index (κ2) is 7.42. The lowest BCUT2D eigenvalue weighted by atomic mass is 10.0. The van der Waals surface area contributed by atoms with Gasteiger partial charge in [-0.15, -0.1) is 0 Å². The molecule has 0 N–H and O–H groups in total. The highest BCUT2D eigenvalue weighted by Gasteiger charge is 2.32. The summed E-state index contributed by atoms with van der Waals surface area (Å²) in [6.07, 6.45) is 4.48. The van der Waals surface area contributed by atoms with Crippen LogP contribution >= 0.6 is 11.6 Å². The first-order valence-electron chi connectivity index (χ1n) is 9.45. The Balaban J connectivity index is 1.43. The average molecular weight is 369 g/mol. The summed E-state index contributed by atoms with van der Waals surface area (Å²) in [7, 11) is 1.93. The van der Waals surface area contributed by atoms with Crippen LogP contribution in [0.2, 0.25) is 5.02 Å². The van der Waals surface area contributed by atoms with Gasteiger partial charge in [0.1, 0.15) is 0 Å². The summed E-state index contributed by atoms with van der Waals surface area (Å²) >= 11 is 6.05. The monoisotopic (exact) mass is 368 g/mol. The van der Waals surface area contributed by atoms with E-state index in [1.54, 1.807) is 12.1 Å². The summed E-state index contributed by atoms with van der Waals surface area (Å²) in [5.41, 5.74) is 3.65. The van der Waals surface area contributed by atoms with Crippen LogP contribution in [0.4, 0.5) is 0 Å². The Hall–Kier alpha value is -1.84. The maximum Gasteiger partial charge on any atom is 0.253 e. The van der Waals surface area contributed by atoms with Crippen molar-refractivity contribution in [1.29, 1.82) is 0 Å². The zero-order valence-corrected chi connectivity index (χ0v) is 16.0. The molecule has 4 rings (SSSR count). The van der Waals surface area contributed by atoms with E-state index in [9.17, 15) is 4.79 Å². The van der Waals surface area contributed by atoms with Gasteiger partial charge in [0, 0.05) is 36.3 Å². The fraction of sp³-hybridized carbons (Fsp3) is 0.409. The molecule has 0 radical (unpaired) electrons. The molecule has 2 aromatic carbocycles. The number of hydrogen-bond donors (Lipinski definition) is 0. The molecule has 26 heavy (non-hydrogen) atoms. The van der Waals surface area contributed by atoms with Gasteiger partial charge in [-0.1, -0.05) is 41.9 Å². The van der Waals surface area contributed by atoms with E-state index in [1.165, 1.54) is 11.1 Å². The molecule has 1 aliphatic carbocycles. The van der Waals surface area contributed by atoms with Gasteiger partial charge < -0.3 is 4.90 Å². The first-order chi connectivity index (χ1) is 12.6. The van der Waals surface area contributed by atoms with Crippen molar-refractivity contribution in [3.63, 3.8) is 0 Å². The quantitative estimate of drug-likeness (QED) is 0.816. The summed E-state index contributed by atoms with van der Waals surface area (Å²) in [4.78, 5) is 17.4. The fourth-order valence-corrected chi connectivity index (χ4v) is 4.61. The van der Waals surface area contributed by atoms with Crippen LogP contribution < -0.4 is 0 Å². The Morgan fingerprint density at radius 3 is 2.54 bits per heavy atom. The number of rotatable bonds is 3. The molecule has 136 valence electrons. The molecule has 1 amide bonds. The minimum Gasteiger partial charge on any atom is -0.337 e. The van der Waals surface area contributed by atoms with Gasteiger partial charge in [0.2, 0.25) is 0 Å². The van der Waals surface area contributed by atoms with Crippen LogP contribution in [0.15, 0.2) is 48.5 Å². The van der Waals surface area contributed by atoms with Crippen molar-refractivity contribution in [3.8, 4) is 0 Å². The van der Waals surface area contributed by atoms with Crippen molar-refractivity contribution in [2.24, 2.45) is 0 Å². The predicted octanol–water partition coefficient (Wildman–Crippen LogP) is 4.04.